The Labute approximate surface area is 124 Å². The minimum absolute atomic E-state index is 0.106. The van der Waals surface area contributed by atoms with Gasteiger partial charge in [0.05, 0.1) is 12.0 Å². The van der Waals surface area contributed by atoms with Gasteiger partial charge < -0.3 is 10.0 Å². The fourth-order valence-corrected chi connectivity index (χ4v) is 2.26. The van der Waals surface area contributed by atoms with E-state index in [0.29, 0.717) is 11.0 Å². The van der Waals surface area contributed by atoms with Crippen molar-refractivity contribution in [3.63, 3.8) is 0 Å². The highest BCUT2D eigenvalue weighted by Gasteiger charge is 2.24. The van der Waals surface area contributed by atoms with Crippen LogP contribution in [0.2, 0.25) is 5.15 Å². The Morgan fingerprint density at radius 1 is 1.58 bits per heavy atom. The van der Waals surface area contributed by atoms with Crippen molar-refractivity contribution in [2.75, 3.05) is 6.54 Å². The van der Waals surface area contributed by atoms with Gasteiger partial charge in [0.2, 0.25) is 0 Å². The van der Waals surface area contributed by atoms with Gasteiger partial charge in [-0.2, -0.15) is 0 Å². The van der Waals surface area contributed by atoms with Crippen molar-refractivity contribution in [3.8, 4) is 0 Å². The molecular weight excluding hydrogens is 336 g/mol. The Balaban J connectivity index is 3.01. The fraction of sp³-hybridized carbons (Fsp3) is 0.417. The molecule has 1 aromatic heterocycles. The number of hydrogen-bond donors (Lipinski definition) is 1. The lowest BCUT2D eigenvalue weighted by Crippen LogP contribution is -2.39. The first-order valence-electron chi connectivity index (χ1n) is 5.70. The Morgan fingerprint density at radius 2 is 2.21 bits per heavy atom. The highest BCUT2D eigenvalue weighted by Crippen LogP contribution is 2.21. The molecule has 1 unspecified atom stereocenters. The molecule has 0 fully saturated rings. The Morgan fingerprint density at radius 3 is 2.74 bits per heavy atom. The molecular formula is C12H14BrClN2O3. The predicted octanol–water partition coefficient (Wildman–Crippen LogP) is 2.82. The number of rotatable bonds is 5. The summed E-state index contributed by atoms with van der Waals surface area (Å²) in [5.41, 5.74) is 0.259. The fourth-order valence-electron chi connectivity index (χ4n) is 1.75. The van der Waals surface area contributed by atoms with E-state index >= 15 is 0 Å². The smallest absolute Gasteiger partial charge is 0.305 e. The molecule has 7 heteroatoms. The summed E-state index contributed by atoms with van der Waals surface area (Å²) < 4.78 is 0.641. The molecule has 1 atom stereocenters. The second-order valence-corrected chi connectivity index (χ2v) is 5.30. The zero-order valence-electron chi connectivity index (χ0n) is 10.6. The third-order valence-corrected chi connectivity index (χ3v) is 3.37. The van der Waals surface area contributed by atoms with Crippen molar-refractivity contribution in [1.29, 1.82) is 0 Å². The summed E-state index contributed by atoms with van der Waals surface area (Å²) in [6.45, 7) is 3.88. The van der Waals surface area contributed by atoms with E-state index in [0.717, 1.165) is 0 Å². The number of carbonyl (C=O) groups is 2. The second kappa shape index (κ2) is 6.86. The number of carboxylic acid groups (broad SMARTS) is 1. The summed E-state index contributed by atoms with van der Waals surface area (Å²) in [5, 5.41) is 8.90. The van der Waals surface area contributed by atoms with Crippen molar-refractivity contribution in [3.05, 3.63) is 27.5 Å². The summed E-state index contributed by atoms with van der Waals surface area (Å²) in [5.74, 6) is -1.27. The average Bonchev–Trinajstić information content (AvgIpc) is 2.32. The van der Waals surface area contributed by atoms with Crippen molar-refractivity contribution >= 4 is 39.4 Å². The van der Waals surface area contributed by atoms with Crippen LogP contribution < -0.4 is 0 Å². The molecule has 104 valence electrons. The SMILES string of the molecule is CCN(C(=O)c1cc(Br)cnc1Cl)C(C)CC(=O)O. The van der Waals surface area contributed by atoms with Crippen LogP contribution in [0.15, 0.2) is 16.7 Å². The molecule has 0 bridgehead atoms. The van der Waals surface area contributed by atoms with Gasteiger partial charge in [-0.25, -0.2) is 4.98 Å². The van der Waals surface area contributed by atoms with Crippen LogP contribution in [0.1, 0.15) is 30.6 Å². The number of aromatic nitrogens is 1. The summed E-state index contributed by atoms with van der Waals surface area (Å²) in [7, 11) is 0. The van der Waals surface area contributed by atoms with Crippen LogP contribution in [-0.4, -0.2) is 39.5 Å². The van der Waals surface area contributed by atoms with Crippen molar-refractivity contribution in [2.24, 2.45) is 0 Å². The molecule has 0 aliphatic carbocycles. The normalized spacial score (nSPS) is 12.0. The number of pyridine rings is 1. The van der Waals surface area contributed by atoms with Crippen LogP contribution in [0.25, 0.3) is 0 Å². The van der Waals surface area contributed by atoms with E-state index in [9.17, 15) is 9.59 Å². The first kappa shape index (κ1) is 15.9. The Hall–Kier alpha value is -1.14. The standard InChI is InChI=1S/C12H14BrClN2O3/c1-3-16(7(2)4-10(17)18)12(19)9-5-8(13)6-15-11(9)14/h5-7H,3-4H2,1-2H3,(H,17,18). The van der Waals surface area contributed by atoms with E-state index in [-0.39, 0.29) is 23.0 Å². The maximum Gasteiger partial charge on any atom is 0.305 e. The minimum Gasteiger partial charge on any atom is -0.481 e. The first-order valence-corrected chi connectivity index (χ1v) is 6.87. The van der Waals surface area contributed by atoms with Crippen LogP contribution in [0.4, 0.5) is 0 Å². The maximum absolute atomic E-state index is 12.4. The Bertz CT molecular complexity index is 496. The number of hydrogen-bond acceptors (Lipinski definition) is 3. The summed E-state index contributed by atoms with van der Waals surface area (Å²) >= 11 is 9.13. The maximum atomic E-state index is 12.4. The van der Waals surface area contributed by atoms with E-state index in [4.69, 9.17) is 16.7 Å². The molecule has 1 N–H and O–H groups in total. The number of halogens is 2. The number of nitrogens with zero attached hydrogens (tertiary/aromatic N) is 2. The van der Waals surface area contributed by atoms with Crippen LogP contribution in [0, 0.1) is 0 Å². The summed E-state index contributed by atoms with van der Waals surface area (Å²) in [6, 6.07) is 1.17. The van der Waals surface area contributed by atoms with Gasteiger partial charge in [0, 0.05) is 23.3 Å². The number of aliphatic carboxylic acids is 1. The molecule has 1 aromatic rings. The second-order valence-electron chi connectivity index (χ2n) is 4.03. The third kappa shape index (κ3) is 4.18. The lowest BCUT2D eigenvalue weighted by Gasteiger charge is -2.27. The number of carboxylic acids is 1. The van der Waals surface area contributed by atoms with E-state index in [1.165, 1.54) is 11.1 Å². The predicted molar refractivity (Wildman–Crippen MR) is 75.4 cm³/mol. The minimum atomic E-state index is -0.947. The lowest BCUT2D eigenvalue weighted by atomic mass is 10.1. The first-order chi connectivity index (χ1) is 8.86. The van der Waals surface area contributed by atoms with Crippen LogP contribution in [0.5, 0.6) is 0 Å². The van der Waals surface area contributed by atoms with Crippen molar-refractivity contribution in [1.82, 2.24) is 9.88 Å². The van der Waals surface area contributed by atoms with Gasteiger partial charge in [-0.1, -0.05) is 11.6 Å². The number of carbonyl (C=O) groups excluding carboxylic acids is 1. The molecule has 0 spiro atoms. The largest absolute Gasteiger partial charge is 0.481 e. The van der Waals surface area contributed by atoms with Crippen molar-refractivity contribution in [2.45, 2.75) is 26.3 Å². The third-order valence-electron chi connectivity index (χ3n) is 2.64. The van der Waals surface area contributed by atoms with Gasteiger partial charge in [0.25, 0.3) is 5.91 Å². The van der Waals surface area contributed by atoms with E-state index in [2.05, 4.69) is 20.9 Å². The number of amides is 1. The van der Waals surface area contributed by atoms with Gasteiger partial charge in [-0.05, 0) is 35.8 Å². The molecule has 0 aliphatic heterocycles. The molecule has 1 rings (SSSR count). The van der Waals surface area contributed by atoms with E-state index < -0.39 is 12.0 Å². The van der Waals surface area contributed by atoms with Gasteiger partial charge in [0.15, 0.2) is 0 Å². The van der Waals surface area contributed by atoms with Crippen LogP contribution >= 0.6 is 27.5 Å². The zero-order valence-corrected chi connectivity index (χ0v) is 12.9. The highest BCUT2D eigenvalue weighted by molar-refractivity contribution is 9.10. The molecule has 1 amide bonds. The topological polar surface area (TPSA) is 70.5 Å². The van der Waals surface area contributed by atoms with Gasteiger partial charge >= 0.3 is 5.97 Å². The average molecular weight is 350 g/mol. The van der Waals surface area contributed by atoms with Gasteiger partial charge in [-0.3, -0.25) is 9.59 Å². The summed E-state index contributed by atoms with van der Waals surface area (Å²) in [4.78, 5) is 28.4. The monoisotopic (exact) mass is 348 g/mol. The van der Waals surface area contributed by atoms with Crippen LogP contribution in [0.3, 0.4) is 0 Å². The molecule has 0 aliphatic rings. The van der Waals surface area contributed by atoms with Crippen molar-refractivity contribution < 1.29 is 14.7 Å². The van der Waals surface area contributed by atoms with Crippen LogP contribution in [-0.2, 0) is 4.79 Å². The molecule has 1 heterocycles. The molecule has 0 radical (unpaired) electrons. The van der Waals surface area contributed by atoms with Gasteiger partial charge in [-0.15, -0.1) is 0 Å². The highest BCUT2D eigenvalue weighted by atomic mass is 79.9. The van der Waals surface area contributed by atoms with E-state index in [1.807, 2.05) is 0 Å². The summed E-state index contributed by atoms with van der Waals surface area (Å²) in [6.07, 6.45) is 1.38. The van der Waals surface area contributed by atoms with E-state index in [1.54, 1.807) is 19.9 Å². The Kier molecular flexibility index (Phi) is 5.75. The lowest BCUT2D eigenvalue weighted by molar-refractivity contribution is -0.138. The molecule has 5 nitrogen and oxygen atoms in total. The molecule has 0 saturated heterocycles. The van der Waals surface area contributed by atoms with Gasteiger partial charge in [0.1, 0.15) is 5.15 Å². The zero-order chi connectivity index (χ0) is 14.6. The quantitative estimate of drug-likeness (QED) is 0.830. The molecule has 0 saturated carbocycles. The molecule has 0 aromatic carbocycles. The molecule has 19 heavy (non-hydrogen) atoms.